The molecule has 2 rings (SSSR count). The number of likely N-dealkylation sites (tertiary alicyclic amines) is 1. The first-order valence-corrected chi connectivity index (χ1v) is 6.52. The highest BCUT2D eigenvalue weighted by Crippen LogP contribution is 2.32. The van der Waals surface area contributed by atoms with Crippen LogP contribution in [0, 0.1) is 5.92 Å². The Hall–Kier alpha value is -1.26. The molecule has 1 atom stereocenters. The summed E-state index contributed by atoms with van der Waals surface area (Å²) in [5, 5.41) is 5.60. The summed E-state index contributed by atoms with van der Waals surface area (Å²) in [5.74, 6) is 0.545. The highest BCUT2D eigenvalue weighted by atomic mass is 16.2. The van der Waals surface area contributed by atoms with Crippen molar-refractivity contribution in [3.05, 3.63) is 0 Å². The fourth-order valence-corrected chi connectivity index (χ4v) is 2.22. The molecule has 1 aliphatic heterocycles. The zero-order valence-electron chi connectivity index (χ0n) is 10.4. The lowest BCUT2D eigenvalue weighted by atomic mass is 10.1. The molecular weight excluding hydrogens is 218 g/mol. The normalized spacial score (nSPS) is 23.9. The van der Waals surface area contributed by atoms with Crippen molar-refractivity contribution in [2.24, 2.45) is 5.92 Å². The second-order valence-corrected chi connectivity index (χ2v) is 4.98. The zero-order chi connectivity index (χ0) is 12.3. The van der Waals surface area contributed by atoms with E-state index >= 15 is 0 Å². The second kappa shape index (κ2) is 5.38. The fraction of sp³-hybridized carbons (Fsp3) is 0.833. The maximum Gasteiger partial charge on any atom is 0.314 e. The van der Waals surface area contributed by atoms with Crippen molar-refractivity contribution in [2.75, 3.05) is 19.6 Å². The van der Waals surface area contributed by atoms with E-state index in [4.69, 9.17) is 0 Å². The van der Waals surface area contributed by atoms with Crippen molar-refractivity contribution >= 4 is 11.9 Å². The van der Waals surface area contributed by atoms with Gasteiger partial charge in [0, 0.05) is 38.0 Å². The number of urea groups is 1. The number of carbonyl (C=O) groups is 2. The molecule has 96 valence electrons. The van der Waals surface area contributed by atoms with E-state index in [1.54, 1.807) is 0 Å². The molecule has 1 aliphatic carbocycles. The first-order chi connectivity index (χ1) is 8.20. The lowest BCUT2D eigenvalue weighted by molar-refractivity contribution is -0.128. The molecule has 17 heavy (non-hydrogen) atoms. The number of nitrogens with one attached hydrogen (secondary N) is 2. The average Bonchev–Trinajstić information content (AvgIpc) is 3.08. The molecule has 5 nitrogen and oxygen atoms in total. The molecule has 5 heteroatoms. The van der Waals surface area contributed by atoms with Gasteiger partial charge in [-0.1, -0.05) is 6.92 Å². The van der Waals surface area contributed by atoms with E-state index < -0.39 is 0 Å². The van der Waals surface area contributed by atoms with Crippen LogP contribution in [0.3, 0.4) is 0 Å². The number of carbonyl (C=O) groups excluding carboxylic acids is 2. The topological polar surface area (TPSA) is 61.4 Å². The summed E-state index contributed by atoms with van der Waals surface area (Å²) in [7, 11) is 0. The van der Waals surface area contributed by atoms with Crippen molar-refractivity contribution in [3.63, 3.8) is 0 Å². The van der Waals surface area contributed by atoms with Crippen LogP contribution in [-0.4, -0.2) is 42.5 Å². The lowest BCUT2D eigenvalue weighted by Gasteiger charge is -2.15. The molecule has 0 aromatic rings. The van der Waals surface area contributed by atoms with Gasteiger partial charge in [0.05, 0.1) is 0 Å². The van der Waals surface area contributed by atoms with Crippen LogP contribution in [0.1, 0.15) is 32.6 Å². The summed E-state index contributed by atoms with van der Waals surface area (Å²) < 4.78 is 0. The van der Waals surface area contributed by atoms with Crippen LogP contribution in [0.25, 0.3) is 0 Å². The smallest absolute Gasteiger partial charge is 0.314 e. The Bertz CT molecular complexity index is 302. The third-order valence-electron chi connectivity index (χ3n) is 3.31. The van der Waals surface area contributed by atoms with Crippen LogP contribution in [0.4, 0.5) is 4.79 Å². The summed E-state index contributed by atoms with van der Waals surface area (Å²) in [6.07, 6.45) is 3.83. The van der Waals surface area contributed by atoms with Gasteiger partial charge in [0.1, 0.15) is 0 Å². The zero-order valence-corrected chi connectivity index (χ0v) is 10.4. The van der Waals surface area contributed by atoms with Gasteiger partial charge in [-0.2, -0.15) is 0 Å². The molecule has 1 saturated heterocycles. The Labute approximate surface area is 102 Å². The molecule has 3 amide bonds. The van der Waals surface area contributed by atoms with E-state index in [-0.39, 0.29) is 17.9 Å². The SMILES string of the molecule is CCCNC(=O)NCC1CC(=O)N(C2CC2)C1. The summed E-state index contributed by atoms with van der Waals surface area (Å²) in [5.41, 5.74) is 0. The quantitative estimate of drug-likeness (QED) is 0.742. The van der Waals surface area contributed by atoms with E-state index in [0.29, 0.717) is 25.6 Å². The van der Waals surface area contributed by atoms with Crippen LogP contribution >= 0.6 is 0 Å². The van der Waals surface area contributed by atoms with Gasteiger partial charge in [0.25, 0.3) is 0 Å². The predicted molar refractivity (Wildman–Crippen MR) is 64.5 cm³/mol. The van der Waals surface area contributed by atoms with Gasteiger partial charge < -0.3 is 15.5 Å². The fourth-order valence-electron chi connectivity index (χ4n) is 2.22. The summed E-state index contributed by atoms with van der Waals surface area (Å²) in [6, 6.07) is 0.380. The molecule has 2 fully saturated rings. The Balaban J connectivity index is 1.66. The monoisotopic (exact) mass is 239 g/mol. The largest absolute Gasteiger partial charge is 0.339 e. The minimum absolute atomic E-state index is 0.121. The maximum absolute atomic E-state index is 11.7. The molecule has 0 bridgehead atoms. The summed E-state index contributed by atoms with van der Waals surface area (Å²) in [4.78, 5) is 25.0. The highest BCUT2D eigenvalue weighted by molar-refractivity contribution is 5.79. The summed E-state index contributed by atoms with van der Waals surface area (Å²) in [6.45, 7) is 4.13. The molecule has 0 aromatic heterocycles. The van der Waals surface area contributed by atoms with E-state index in [2.05, 4.69) is 10.6 Å². The van der Waals surface area contributed by atoms with Gasteiger partial charge in [-0.15, -0.1) is 0 Å². The molecule has 2 aliphatic rings. The van der Waals surface area contributed by atoms with Gasteiger partial charge in [0.15, 0.2) is 0 Å². The van der Waals surface area contributed by atoms with Crippen LogP contribution < -0.4 is 10.6 Å². The predicted octanol–water partition coefficient (Wildman–Crippen LogP) is 0.706. The Kier molecular flexibility index (Phi) is 3.86. The van der Waals surface area contributed by atoms with Gasteiger partial charge in [-0.05, 0) is 19.3 Å². The first kappa shape index (κ1) is 12.2. The van der Waals surface area contributed by atoms with Crippen LogP contribution in [0.5, 0.6) is 0 Å². The highest BCUT2D eigenvalue weighted by Gasteiger charge is 2.39. The Morgan fingerprint density at radius 1 is 1.41 bits per heavy atom. The second-order valence-electron chi connectivity index (χ2n) is 4.98. The molecule has 0 spiro atoms. The summed E-state index contributed by atoms with van der Waals surface area (Å²) >= 11 is 0. The number of rotatable bonds is 5. The maximum atomic E-state index is 11.7. The average molecular weight is 239 g/mol. The van der Waals surface area contributed by atoms with Gasteiger partial charge >= 0.3 is 6.03 Å². The number of hydrogen-bond donors (Lipinski definition) is 2. The van der Waals surface area contributed by atoms with E-state index in [1.807, 2.05) is 11.8 Å². The third-order valence-corrected chi connectivity index (χ3v) is 3.31. The van der Waals surface area contributed by atoms with Crippen molar-refractivity contribution in [1.82, 2.24) is 15.5 Å². The first-order valence-electron chi connectivity index (χ1n) is 6.52. The van der Waals surface area contributed by atoms with Crippen LogP contribution in [0.15, 0.2) is 0 Å². The van der Waals surface area contributed by atoms with Crippen molar-refractivity contribution in [3.8, 4) is 0 Å². The van der Waals surface area contributed by atoms with Gasteiger partial charge in [-0.3, -0.25) is 4.79 Å². The third kappa shape index (κ3) is 3.35. The van der Waals surface area contributed by atoms with Gasteiger partial charge in [-0.25, -0.2) is 4.79 Å². The van der Waals surface area contributed by atoms with E-state index in [0.717, 1.165) is 25.8 Å². The van der Waals surface area contributed by atoms with Crippen molar-refractivity contribution < 1.29 is 9.59 Å². The molecule has 1 unspecified atom stereocenters. The Morgan fingerprint density at radius 3 is 2.82 bits per heavy atom. The lowest BCUT2D eigenvalue weighted by Crippen LogP contribution is -2.39. The molecular formula is C12H21N3O2. The number of hydrogen-bond acceptors (Lipinski definition) is 2. The van der Waals surface area contributed by atoms with Crippen LogP contribution in [-0.2, 0) is 4.79 Å². The minimum atomic E-state index is -0.121. The van der Waals surface area contributed by atoms with E-state index in [1.165, 1.54) is 0 Å². The molecule has 0 aromatic carbocycles. The molecule has 1 saturated carbocycles. The molecule has 1 heterocycles. The van der Waals surface area contributed by atoms with Crippen molar-refractivity contribution in [1.29, 1.82) is 0 Å². The van der Waals surface area contributed by atoms with E-state index in [9.17, 15) is 9.59 Å². The van der Waals surface area contributed by atoms with Crippen LogP contribution in [0.2, 0.25) is 0 Å². The van der Waals surface area contributed by atoms with Gasteiger partial charge in [0.2, 0.25) is 5.91 Å². The molecule has 2 N–H and O–H groups in total. The Morgan fingerprint density at radius 2 is 2.18 bits per heavy atom. The minimum Gasteiger partial charge on any atom is -0.339 e. The van der Waals surface area contributed by atoms with Crippen molar-refractivity contribution in [2.45, 2.75) is 38.6 Å². The number of amides is 3. The standard InChI is InChI=1S/C12H21N3O2/c1-2-5-13-12(17)14-7-9-6-11(16)15(8-9)10-3-4-10/h9-10H,2-8H2,1H3,(H2,13,14,17). The molecule has 0 radical (unpaired) electrons. The number of nitrogens with zero attached hydrogens (tertiary/aromatic N) is 1.